The van der Waals surface area contributed by atoms with E-state index in [-0.39, 0.29) is 11.4 Å². The molecule has 1 aromatic heterocycles. The van der Waals surface area contributed by atoms with E-state index in [0.29, 0.717) is 22.2 Å². The third-order valence-corrected chi connectivity index (χ3v) is 5.76. The Kier molecular flexibility index (Phi) is 6.31. The van der Waals surface area contributed by atoms with E-state index in [4.69, 9.17) is 0 Å². The lowest BCUT2D eigenvalue weighted by Gasteiger charge is -2.24. The summed E-state index contributed by atoms with van der Waals surface area (Å²) < 4.78 is 0. The molecule has 7 nitrogen and oxygen atoms in total. The highest BCUT2D eigenvalue weighted by atomic mass is 16.4. The van der Waals surface area contributed by atoms with Gasteiger partial charge in [-0.3, -0.25) is 14.6 Å². The van der Waals surface area contributed by atoms with Crippen LogP contribution in [-0.4, -0.2) is 95.2 Å². The number of carbonyl (C=O) groups is 2. The largest absolute Gasteiger partial charge is 0.506 e. The van der Waals surface area contributed by atoms with Crippen LogP contribution in [0.2, 0.25) is 0 Å². The van der Waals surface area contributed by atoms with Crippen LogP contribution >= 0.6 is 0 Å². The minimum atomic E-state index is -1.52. The molecule has 1 aromatic carbocycles. The van der Waals surface area contributed by atoms with Crippen LogP contribution in [0.4, 0.5) is 0 Å². The molecule has 142 valence electrons. The van der Waals surface area contributed by atoms with Crippen molar-refractivity contribution in [3.05, 3.63) is 11.3 Å². The molecular weight excluding hydrogens is 373 g/mol. The number of rotatable bonds is 4. The summed E-state index contributed by atoms with van der Waals surface area (Å²) in [7, 11) is 13.8. The first-order valence-electron chi connectivity index (χ1n) is 9.53. The number of amides is 1. The maximum Gasteiger partial charge on any atom is 0.311 e. The molecular formula is C15H19B8N3O4. The number of nitrogens with zero attached hydrogens (tertiary/aromatic N) is 2. The van der Waals surface area contributed by atoms with Gasteiger partial charge < -0.3 is 15.5 Å². The molecule has 2 rings (SSSR count). The Morgan fingerprint density at radius 3 is 2.00 bits per heavy atom. The second kappa shape index (κ2) is 8.10. The van der Waals surface area contributed by atoms with Crippen LogP contribution in [0.3, 0.4) is 0 Å². The number of pyridine rings is 1. The fraction of sp³-hybridized carbons (Fsp3) is 0.0667. The molecule has 0 saturated carbocycles. The van der Waals surface area contributed by atoms with Crippen LogP contribution < -0.4 is 38.2 Å². The molecule has 3 N–H and O–H groups in total. The summed E-state index contributed by atoms with van der Waals surface area (Å²) in [6, 6.07) is 2.26. The van der Waals surface area contributed by atoms with Crippen LogP contribution in [-0.2, 0) is 4.79 Å². The van der Waals surface area contributed by atoms with Crippen LogP contribution in [0.25, 0.3) is 11.1 Å². The van der Waals surface area contributed by atoms with Gasteiger partial charge in [0.1, 0.15) is 60.7 Å². The molecule has 30 heavy (non-hydrogen) atoms. The number of aromatic hydroxyl groups is 1. The lowest BCUT2D eigenvalue weighted by atomic mass is 9.61. The molecule has 0 fully saturated rings. The fourth-order valence-corrected chi connectivity index (χ4v) is 3.65. The first-order valence-corrected chi connectivity index (χ1v) is 9.53. The van der Waals surface area contributed by atoms with Crippen molar-refractivity contribution in [3.8, 4) is 22.9 Å². The van der Waals surface area contributed by atoms with Crippen LogP contribution in [0, 0.1) is 11.3 Å². The monoisotopic (exact) mass is 393 g/mol. The van der Waals surface area contributed by atoms with Crippen molar-refractivity contribution in [2.45, 2.75) is 5.34 Å². The topological polar surface area (TPSA) is 123 Å². The number of hydrogen-bond acceptors (Lipinski definition) is 5. The van der Waals surface area contributed by atoms with Gasteiger partial charge in [-0.05, 0) is 16.6 Å². The number of hydrogen-bond donors (Lipinski definition) is 3. The number of aliphatic carboxylic acids is 1. The molecule has 0 unspecified atom stereocenters. The zero-order valence-electron chi connectivity index (χ0n) is 18.6. The predicted octanol–water partition coefficient (Wildman–Crippen LogP) is -11.4. The quantitative estimate of drug-likeness (QED) is 0.445. The van der Waals surface area contributed by atoms with Gasteiger partial charge in [-0.25, -0.2) is 0 Å². The average Bonchev–Trinajstić information content (AvgIpc) is 2.65. The molecule has 0 spiro atoms. The molecule has 0 aliphatic heterocycles. The Bertz CT molecular complexity index is 1150. The molecule has 2 aromatic rings. The van der Waals surface area contributed by atoms with Crippen molar-refractivity contribution in [3.63, 3.8) is 0 Å². The maximum absolute atomic E-state index is 12.6. The molecule has 0 saturated heterocycles. The van der Waals surface area contributed by atoms with Crippen molar-refractivity contribution in [2.75, 3.05) is 0 Å². The van der Waals surface area contributed by atoms with Gasteiger partial charge in [-0.2, -0.15) is 5.26 Å². The number of nitriles is 1. The molecule has 0 radical (unpaired) electrons. The molecule has 0 bridgehead atoms. The Hall–Kier alpha value is -2.88. The summed E-state index contributed by atoms with van der Waals surface area (Å²) in [5.74, 6) is -2.29. The van der Waals surface area contributed by atoms with E-state index in [1.54, 1.807) is 15.7 Å². The lowest BCUT2D eigenvalue weighted by molar-refractivity contribution is -0.138. The van der Waals surface area contributed by atoms with Gasteiger partial charge in [0.2, 0.25) is 0 Å². The number of nitrogens with one attached hydrogen (secondary N) is 1. The summed E-state index contributed by atoms with van der Waals surface area (Å²) in [4.78, 5) is 28.3. The Morgan fingerprint density at radius 2 is 1.50 bits per heavy atom. The van der Waals surface area contributed by atoms with E-state index < -0.39 is 17.2 Å². The average molecular weight is 392 g/mol. The van der Waals surface area contributed by atoms with Crippen molar-refractivity contribution >= 4 is 108 Å². The molecule has 0 atom stereocenters. The number of carboxylic acids is 1. The number of aromatic nitrogens is 1. The standard InChI is InChI=1S/C15H19B8N3O4/c16-5-2(1-24)6(17)9(20)7(18)3(5)4-8(19)11(27)10(25-12(4)21)13(28)26-15(22,23)14(29)30/h27H,16-23H2,(H,26,28)(H,29,30). The first kappa shape index (κ1) is 23.4. The molecule has 1 heterocycles. The zero-order valence-corrected chi connectivity index (χ0v) is 18.6. The lowest BCUT2D eigenvalue weighted by Crippen LogP contribution is -2.56. The Labute approximate surface area is 182 Å². The normalized spacial score (nSPS) is 10.9. The van der Waals surface area contributed by atoms with E-state index >= 15 is 0 Å². The smallest absolute Gasteiger partial charge is 0.311 e. The van der Waals surface area contributed by atoms with Crippen molar-refractivity contribution in [1.82, 2.24) is 10.3 Å². The highest BCUT2D eigenvalue weighted by molar-refractivity contribution is 6.63. The highest BCUT2D eigenvalue weighted by Crippen LogP contribution is 2.18. The fourth-order valence-electron chi connectivity index (χ4n) is 3.65. The number of benzene rings is 1. The predicted molar refractivity (Wildman–Crippen MR) is 140 cm³/mol. The Balaban J connectivity index is 2.76. The second-order valence-corrected chi connectivity index (χ2v) is 8.14. The summed E-state index contributed by atoms with van der Waals surface area (Å²) in [6.07, 6.45) is 0. The summed E-state index contributed by atoms with van der Waals surface area (Å²) >= 11 is 0. The molecule has 0 aliphatic rings. The second-order valence-electron chi connectivity index (χ2n) is 8.14. The van der Waals surface area contributed by atoms with Gasteiger partial charge >= 0.3 is 5.97 Å². The number of carboxylic acid groups (broad SMARTS) is 1. The van der Waals surface area contributed by atoms with Crippen LogP contribution in [0.5, 0.6) is 5.75 Å². The van der Waals surface area contributed by atoms with Gasteiger partial charge in [0.05, 0.1) is 11.4 Å². The minimum absolute atomic E-state index is 0.234. The van der Waals surface area contributed by atoms with E-state index in [1.807, 2.05) is 31.4 Å². The van der Waals surface area contributed by atoms with E-state index in [0.717, 1.165) is 27.4 Å². The maximum atomic E-state index is 12.6. The third kappa shape index (κ3) is 3.79. The van der Waals surface area contributed by atoms with Crippen LogP contribution in [0.15, 0.2) is 0 Å². The van der Waals surface area contributed by atoms with Crippen molar-refractivity contribution in [2.24, 2.45) is 0 Å². The van der Waals surface area contributed by atoms with Gasteiger partial charge in [0.15, 0.2) is 13.5 Å². The number of carbonyl (C=O) groups excluding carboxylic acids is 1. The molecule has 0 aliphatic carbocycles. The van der Waals surface area contributed by atoms with Crippen molar-refractivity contribution < 1.29 is 19.8 Å². The van der Waals surface area contributed by atoms with Crippen molar-refractivity contribution in [1.29, 1.82) is 5.26 Å². The van der Waals surface area contributed by atoms with E-state index in [9.17, 15) is 25.1 Å². The summed E-state index contributed by atoms with van der Waals surface area (Å²) in [5.41, 5.74) is 6.42. The van der Waals surface area contributed by atoms with E-state index in [2.05, 4.69) is 16.4 Å². The molecule has 1 amide bonds. The zero-order chi connectivity index (χ0) is 23.1. The first-order chi connectivity index (χ1) is 13.8. The van der Waals surface area contributed by atoms with Crippen LogP contribution in [0.1, 0.15) is 16.1 Å². The van der Waals surface area contributed by atoms with Gasteiger partial charge in [0, 0.05) is 11.2 Å². The van der Waals surface area contributed by atoms with Gasteiger partial charge in [-0.15, -0.1) is 0 Å². The summed E-state index contributed by atoms with van der Waals surface area (Å²) in [5, 5.41) is 30.5. The molecule has 15 heteroatoms. The Morgan fingerprint density at radius 1 is 0.933 bits per heavy atom. The summed E-state index contributed by atoms with van der Waals surface area (Å²) in [6.45, 7) is 0. The SMILES string of the molecule is Bc1nc(C(=O)NC(B)(B)C(=O)O)c(O)c(B)c1-c1c(B)c(B)c(B)c(C#N)c1B. The van der Waals surface area contributed by atoms with E-state index in [1.165, 1.54) is 15.7 Å². The van der Waals surface area contributed by atoms with Gasteiger partial charge in [-0.1, -0.05) is 21.9 Å². The third-order valence-electron chi connectivity index (χ3n) is 5.76. The minimum Gasteiger partial charge on any atom is -0.506 e. The highest BCUT2D eigenvalue weighted by Gasteiger charge is 2.31. The van der Waals surface area contributed by atoms with Gasteiger partial charge in [0.25, 0.3) is 5.91 Å².